The summed E-state index contributed by atoms with van der Waals surface area (Å²) in [4.78, 5) is 44.0. The molecule has 0 aliphatic carbocycles. The summed E-state index contributed by atoms with van der Waals surface area (Å²) in [5.74, 6) is -0.523. The van der Waals surface area contributed by atoms with Gasteiger partial charge in [-0.3, -0.25) is 19.0 Å². The summed E-state index contributed by atoms with van der Waals surface area (Å²) in [6.07, 6.45) is 0.399. The minimum atomic E-state index is -0.766. The van der Waals surface area contributed by atoms with Crippen molar-refractivity contribution in [2.45, 2.75) is 47.1 Å². The van der Waals surface area contributed by atoms with Crippen molar-refractivity contribution in [1.29, 1.82) is 0 Å². The fourth-order valence-electron chi connectivity index (χ4n) is 4.70. The van der Waals surface area contributed by atoms with Crippen molar-refractivity contribution in [1.82, 2.24) is 9.55 Å². The Morgan fingerprint density at radius 1 is 0.944 bits per heavy atom. The van der Waals surface area contributed by atoms with E-state index in [1.807, 2.05) is 58.0 Å². The molecule has 0 radical (unpaired) electrons. The van der Waals surface area contributed by atoms with Gasteiger partial charge < -0.3 is 10.6 Å². The maximum atomic E-state index is 14.0. The summed E-state index contributed by atoms with van der Waals surface area (Å²) in [5.41, 5.74) is 5.72. The molecule has 1 atom stereocenters. The van der Waals surface area contributed by atoms with Gasteiger partial charge in [0.15, 0.2) is 0 Å². The lowest BCUT2D eigenvalue weighted by molar-refractivity contribution is -0.119. The van der Waals surface area contributed by atoms with Crippen LogP contribution in [0.15, 0.2) is 65.5 Å². The zero-order valence-corrected chi connectivity index (χ0v) is 21.2. The average molecular weight is 483 g/mol. The molecule has 0 saturated carbocycles. The number of aryl methyl sites for hydroxylation is 3. The SMILES string of the molecule is CC[C@H](C(=O)Nc1c(C)cc(C)cc1C)n1c(=O)c(-c2ccccc2NC(C)=O)nc2ccccc21. The van der Waals surface area contributed by atoms with Gasteiger partial charge in [0.05, 0.1) is 16.7 Å². The number of benzene rings is 3. The lowest BCUT2D eigenvalue weighted by Gasteiger charge is -2.22. The topological polar surface area (TPSA) is 93.1 Å². The van der Waals surface area contributed by atoms with Gasteiger partial charge in [0.1, 0.15) is 11.7 Å². The lowest BCUT2D eigenvalue weighted by Crippen LogP contribution is -2.35. The first-order valence-corrected chi connectivity index (χ1v) is 12.0. The van der Waals surface area contributed by atoms with Crippen molar-refractivity contribution in [3.8, 4) is 11.3 Å². The lowest BCUT2D eigenvalue weighted by atomic mass is 10.0. The molecule has 184 valence electrons. The molecule has 0 fully saturated rings. The third-order valence-electron chi connectivity index (χ3n) is 6.21. The van der Waals surface area contributed by atoms with Gasteiger partial charge in [0.25, 0.3) is 5.56 Å². The van der Waals surface area contributed by atoms with Crippen LogP contribution in [0.5, 0.6) is 0 Å². The minimum absolute atomic E-state index is 0.173. The molecule has 2 amide bonds. The second-order valence-electron chi connectivity index (χ2n) is 9.04. The number of amides is 2. The first-order chi connectivity index (χ1) is 17.2. The average Bonchev–Trinajstić information content (AvgIpc) is 2.83. The van der Waals surface area contributed by atoms with Crippen molar-refractivity contribution >= 4 is 34.2 Å². The van der Waals surface area contributed by atoms with E-state index in [9.17, 15) is 14.4 Å². The van der Waals surface area contributed by atoms with Crippen LogP contribution in [0, 0.1) is 20.8 Å². The summed E-state index contributed by atoms with van der Waals surface area (Å²) < 4.78 is 1.52. The summed E-state index contributed by atoms with van der Waals surface area (Å²) in [7, 11) is 0. The zero-order valence-electron chi connectivity index (χ0n) is 21.2. The van der Waals surface area contributed by atoms with Gasteiger partial charge in [-0.1, -0.05) is 55.0 Å². The first kappa shape index (κ1) is 24.9. The van der Waals surface area contributed by atoms with Crippen LogP contribution in [0.2, 0.25) is 0 Å². The largest absolute Gasteiger partial charge is 0.326 e. The third-order valence-corrected chi connectivity index (χ3v) is 6.21. The molecule has 0 saturated heterocycles. The number of fused-ring (bicyclic) bond motifs is 1. The number of carbonyl (C=O) groups is 2. The number of carbonyl (C=O) groups excluding carboxylic acids is 2. The predicted octanol–water partition coefficient (Wildman–Crippen LogP) is 5.54. The van der Waals surface area contributed by atoms with Gasteiger partial charge in [-0.05, 0) is 56.5 Å². The number of nitrogens with zero attached hydrogens (tertiary/aromatic N) is 2. The summed E-state index contributed by atoms with van der Waals surface area (Å²) in [5, 5.41) is 5.84. The number of hydrogen-bond acceptors (Lipinski definition) is 4. The van der Waals surface area contributed by atoms with Crippen LogP contribution in [0.25, 0.3) is 22.3 Å². The molecule has 4 aromatic rings. The fourth-order valence-corrected chi connectivity index (χ4v) is 4.70. The Kier molecular flexibility index (Phi) is 7.01. The van der Waals surface area contributed by atoms with E-state index >= 15 is 0 Å². The van der Waals surface area contributed by atoms with Crippen LogP contribution in [0.4, 0.5) is 11.4 Å². The molecule has 7 nitrogen and oxygen atoms in total. The molecule has 0 aliphatic heterocycles. The van der Waals surface area contributed by atoms with E-state index in [2.05, 4.69) is 15.6 Å². The molecule has 4 rings (SSSR count). The van der Waals surface area contributed by atoms with Crippen LogP contribution in [0.3, 0.4) is 0 Å². The highest BCUT2D eigenvalue weighted by molar-refractivity contribution is 5.97. The second-order valence-corrected chi connectivity index (χ2v) is 9.04. The maximum Gasteiger partial charge on any atom is 0.278 e. The molecular weight excluding hydrogens is 452 g/mol. The van der Waals surface area contributed by atoms with E-state index in [0.717, 1.165) is 22.4 Å². The van der Waals surface area contributed by atoms with Gasteiger partial charge in [-0.15, -0.1) is 0 Å². The van der Waals surface area contributed by atoms with Gasteiger partial charge >= 0.3 is 0 Å². The Labute approximate surface area is 210 Å². The Balaban J connectivity index is 1.89. The van der Waals surface area contributed by atoms with Crippen molar-refractivity contribution in [2.75, 3.05) is 10.6 Å². The number of aromatic nitrogens is 2. The number of nitrogens with one attached hydrogen (secondary N) is 2. The Morgan fingerprint density at radius 3 is 2.25 bits per heavy atom. The van der Waals surface area contributed by atoms with Crippen molar-refractivity contribution in [2.24, 2.45) is 0 Å². The molecule has 2 N–H and O–H groups in total. The minimum Gasteiger partial charge on any atom is -0.326 e. The van der Waals surface area contributed by atoms with E-state index in [1.165, 1.54) is 11.5 Å². The standard InChI is InChI=1S/C29H30N4O3/c1-6-24(28(35)32-26-18(3)15-17(2)16-19(26)4)33-25-14-10-9-13-23(25)31-27(29(33)36)21-11-7-8-12-22(21)30-20(5)34/h7-16,24H,6H2,1-5H3,(H,30,34)(H,32,35)/t24-/m1/s1. The summed E-state index contributed by atoms with van der Waals surface area (Å²) in [6.45, 7) is 9.23. The van der Waals surface area contributed by atoms with Gasteiger partial charge in [0.2, 0.25) is 11.8 Å². The van der Waals surface area contributed by atoms with Gasteiger partial charge in [0, 0.05) is 18.2 Å². The summed E-state index contributed by atoms with van der Waals surface area (Å²) in [6, 6.07) is 17.6. The van der Waals surface area contributed by atoms with Gasteiger partial charge in [-0.2, -0.15) is 0 Å². The third kappa shape index (κ3) is 4.77. The van der Waals surface area contributed by atoms with Crippen LogP contribution in [-0.4, -0.2) is 21.4 Å². The van der Waals surface area contributed by atoms with Crippen LogP contribution in [0.1, 0.15) is 43.0 Å². The predicted molar refractivity (Wildman–Crippen MR) is 144 cm³/mol. The molecule has 36 heavy (non-hydrogen) atoms. The molecule has 0 unspecified atom stereocenters. The van der Waals surface area contributed by atoms with Crippen LogP contribution in [-0.2, 0) is 9.59 Å². The Bertz CT molecular complexity index is 1510. The molecule has 1 heterocycles. The van der Waals surface area contributed by atoms with Crippen molar-refractivity contribution < 1.29 is 9.59 Å². The zero-order chi connectivity index (χ0) is 26.0. The number of rotatable bonds is 6. The maximum absolute atomic E-state index is 14.0. The normalized spacial score (nSPS) is 11.8. The van der Waals surface area contributed by atoms with E-state index in [4.69, 9.17) is 0 Å². The van der Waals surface area contributed by atoms with E-state index in [-0.39, 0.29) is 17.5 Å². The second kappa shape index (κ2) is 10.2. The van der Waals surface area contributed by atoms with E-state index < -0.39 is 11.6 Å². The summed E-state index contributed by atoms with van der Waals surface area (Å²) >= 11 is 0. The highest BCUT2D eigenvalue weighted by atomic mass is 16.2. The Hall–Kier alpha value is -4.26. The van der Waals surface area contributed by atoms with Crippen LogP contribution >= 0.6 is 0 Å². The Morgan fingerprint density at radius 2 is 1.58 bits per heavy atom. The molecule has 1 aromatic heterocycles. The molecule has 0 bridgehead atoms. The highest BCUT2D eigenvalue weighted by Crippen LogP contribution is 2.28. The number of para-hydroxylation sites is 3. The van der Waals surface area contributed by atoms with E-state index in [0.29, 0.717) is 28.7 Å². The quantitative estimate of drug-likeness (QED) is 0.378. The number of hydrogen-bond donors (Lipinski definition) is 2. The molecule has 0 aliphatic rings. The van der Waals surface area contributed by atoms with Crippen molar-refractivity contribution in [3.63, 3.8) is 0 Å². The van der Waals surface area contributed by atoms with Crippen LogP contribution < -0.4 is 16.2 Å². The van der Waals surface area contributed by atoms with Gasteiger partial charge in [-0.25, -0.2) is 4.98 Å². The monoisotopic (exact) mass is 482 g/mol. The smallest absolute Gasteiger partial charge is 0.278 e. The van der Waals surface area contributed by atoms with E-state index in [1.54, 1.807) is 30.3 Å². The first-order valence-electron chi connectivity index (χ1n) is 12.0. The molecular formula is C29H30N4O3. The molecule has 3 aromatic carbocycles. The molecule has 7 heteroatoms. The van der Waals surface area contributed by atoms with Crippen molar-refractivity contribution in [3.05, 3.63) is 87.7 Å². The highest BCUT2D eigenvalue weighted by Gasteiger charge is 2.26. The molecule has 0 spiro atoms. The number of anilines is 2. The fraction of sp³-hybridized carbons (Fsp3) is 0.241.